The maximum Gasteiger partial charge on any atom is 0.243 e. The SMILES string of the molecule is COc1cc(CN(C)C(=O)CN(Cc2ccc(C)cc2)S(=O)(=O)c2ccc(Br)cc2)cc(OC)c1OC. The molecule has 1 amide bonds. The first-order valence-electron chi connectivity index (χ1n) is 11.4. The highest BCUT2D eigenvalue weighted by Crippen LogP contribution is 2.38. The Kier molecular flexibility index (Phi) is 9.58. The molecule has 0 N–H and O–H groups in total. The molecule has 0 unspecified atom stereocenters. The second kappa shape index (κ2) is 12.4. The zero-order valence-electron chi connectivity index (χ0n) is 21.5. The van der Waals surface area contributed by atoms with E-state index in [4.69, 9.17) is 14.2 Å². The zero-order valence-corrected chi connectivity index (χ0v) is 23.9. The number of hydrogen-bond acceptors (Lipinski definition) is 6. The predicted octanol–water partition coefficient (Wildman–Crippen LogP) is 4.63. The molecular weight excluding hydrogens is 560 g/mol. The van der Waals surface area contributed by atoms with Gasteiger partial charge in [0.25, 0.3) is 0 Å². The minimum atomic E-state index is -3.95. The normalized spacial score (nSPS) is 11.3. The standard InChI is InChI=1S/C27H31BrN2O6S/c1-19-6-8-20(9-7-19)17-30(37(32,33)23-12-10-22(28)11-13-23)18-26(31)29(2)16-21-14-24(34-3)27(36-5)25(15-21)35-4/h6-15H,16-18H2,1-5H3. The smallest absolute Gasteiger partial charge is 0.243 e. The third kappa shape index (κ3) is 7.03. The Bertz CT molecular complexity index is 1300. The van der Waals surface area contributed by atoms with Crippen molar-refractivity contribution in [1.82, 2.24) is 9.21 Å². The Morgan fingerprint density at radius 3 is 1.92 bits per heavy atom. The molecule has 198 valence electrons. The fourth-order valence-corrected chi connectivity index (χ4v) is 5.38. The van der Waals surface area contributed by atoms with Gasteiger partial charge in [-0.05, 0) is 54.4 Å². The topological polar surface area (TPSA) is 85.4 Å². The molecule has 0 atom stereocenters. The molecule has 3 aromatic rings. The Balaban J connectivity index is 1.87. The van der Waals surface area contributed by atoms with E-state index in [0.717, 1.165) is 21.2 Å². The van der Waals surface area contributed by atoms with Crippen LogP contribution in [0, 0.1) is 6.92 Å². The van der Waals surface area contributed by atoms with E-state index in [1.165, 1.54) is 42.7 Å². The summed E-state index contributed by atoms with van der Waals surface area (Å²) in [6.45, 7) is 1.91. The minimum absolute atomic E-state index is 0.0580. The van der Waals surface area contributed by atoms with Crippen LogP contribution in [0.3, 0.4) is 0 Å². The number of likely N-dealkylation sites (N-methyl/N-ethyl adjacent to an activating group) is 1. The molecule has 0 heterocycles. The number of carbonyl (C=O) groups is 1. The van der Waals surface area contributed by atoms with Crippen molar-refractivity contribution in [2.24, 2.45) is 0 Å². The van der Waals surface area contributed by atoms with Gasteiger partial charge in [-0.15, -0.1) is 0 Å². The van der Waals surface area contributed by atoms with Gasteiger partial charge in [-0.2, -0.15) is 4.31 Å². The summed E-state index contributed by atoms with van der Waals surface area (Å²) in [7, 11) is 2.23. The van der Waals surface area contributed by atoms with Crippen molar-refractivity contribution in [3.8, 4) is 17.2 Å². The Hall–Kier alpha value is -3.08. The lowest BCUT2D eigenvalue weighted by molar-refractivity contribution is -0.130. The van der Waals surface area contributed by atoms with Crippen LogP contribution in [0.15, 0.2) is 70.0 Å². The van der Waals surface area contributed by atoms with Crippen LogP contribution in [-0.2, 0) is 27.9 Å². The van der Waals surface area contributed by atoms with Gasteiger partial charge >= 0.3 is 0 Å². The first-order chi connectivity index (χ1) is 17.6. The Morgan fingerprint density at radius 2 is 1.41 bits per heavy atom. The summed E-state index contributed by atoms with van der Waals surface area (Å²) in [5.41, 5.74) is 2.59. The number of methoxy groups -OCH3 is 3. The molecule has 3 rings (SSSR count). The van der Waals surface area contributed by atoms with Gasteiger partial charge in [0.2, 0.25) is 21.7 Å². The average Bonchev–Trinajstić information content (AvgIpc) is 2.88. The molecule has 0 aliphatic rings. The summed E-state index contributed by atoms with van der Waals surface area (Å²) in [5.74, 6) is 1.03. The molecule has 3 aromatic carbocycles. The van der Waals surface area contributed by atoms with E-state index in [-0.39, 0.29) is 30.4 Å². The largest absolute Gasteiger partial charge is 0.493 e. The van der Waals surface area contributed by atoms with Crippen molar-refractivity contribution in [2.75, 3.05) is 34.9 Å². The number of sulfonamides is 1. The molecule has 0 spiro atoms. The highest BCUT2D eigenvalue weighted by Gasteiger charge is 2.28. The minimum Gasteiger partial charge on any atom is -0.493 e. The van der Waals surface area contributed by atoms with Gasteiger partial charge in [0.1, 0.15) is 0 Å². The molecule has 0 radical (unpaired) electrons. The van der Waals surface area contributed by atoms with Crippen molar-refractivity contribution >= 4 is 31.9 Å². The number of rotatable bonds is 11. The predicted molar refractivity (Wildman–Crippen MR) is 145 cm³/mol. The lowest BCUT2D eigenvalue weighted by Crippen LogP contribution is -2.40. The van der Waals surface area contributed by atoms with E-state index < -0.39 is 10.0 Å². The van der Waals surface area contributed by atoms with Crippen molar-refractivity contribution in [1.29, 1.82) is 0 Å². The number of hydrogen-bond donors (Lipinski definition) is 0. The maximum atomic E-state index is 13.6. The van der Waals surface area contributed by atoms with Crippen molar-refractivity contribution in [2.45, 2.75) is 24.9 Å². The van der Waals surface area contributed by atoms with E-state index in [2.05, 4.69) is 15.9 Å². The average molecular weight is 592 g/mol. The molecule has 8 nitrogen and oxygen atoms in total. The van der Waals surface area contributed by atoms with Crippen LogP contribution >= 0.6 is 15.9 Å². The fraction of sp³-hybridized carbons (Fsp3) is 0.296. The molecule has 0 fully saturated rings. The molecular formula is C27H31BrN2O6S. The van der Waals surface area contributed by atoms with Gasteiger partial charge in [0.15, 0.2) is 11.5 Å². The van der Waals surface area contributed by atoms with Crippen molar-refractivity contribution < 1.29 is 27.4 Å². The summed E-state index contributed by atoms with van der Waals surface area (Å²) >= 11 is 3.34. The van der Waals surface area contributed by atoms with Gasteiger partial charge < -0.3 is 19.1 Å². The number of nitrogens with zero attached hydrogens (tertiary/aromatic N) is 2. The summed E-state index contributed by atoms with van der Waals surface area (Å²) < 4.78 is 45.3. The van der Waals surface area contributed by atoms with Gasteiger partial charge in [0, 0.05) is 24.6 Å². The van der Waals surface area contributed by atoms with Crippen LogP contribution in [0.4, 0.5) is 0 Å². The number of benzene rings is 3. The maximum absolute atomic E-state index is 13.6. The molecule has 0 saturated carbocycles. The number of carbonyl (C=O) groups excluding carboxylic acids is 1. The lowest BCUT2D eigenvalue weighted by atomic mass is 10.1. The fourth-order valence-electron chi connectivity index (χ4n) is 3.74. The Morgan fingerprint density at radius 1 is 0.838 bits per heavy atom. The second-order valence-electron chi connectivity index (χ2n) is 8.50. The van der Waals surface area contributed by atoms with Crippen LogP contribution in [0.1, 0.15) is 16.7 Å². The van der Waals surface area contributed by atoms with Gasteiger partial charge in [0.05, 0.1) is 32.8 Å². The third-order valence-corrected chi connectivity index (χ3v) is 8.15. The van der Waals surface area contributed by atoms with Crippen LogP contribution in [-0.4, -0.2) is 58.5 Å². The summed E-state index contributed by atoms with van der Waals surface area (Å²) in [6, 6.07) is 17.4. The molecule has 0 aromatic heterocycles. The first-order valence-corrected chi connectivity index (χ1v) is 13.7. The molecule has 37 heavy (non-hydrogen) atoms. The summed E-state index contributed by atoms with van der Waals surface area (Å²) in [6.07, 6.45) is 0. The number of ether oxygens (including phenoxy) is 3. The monoisotopic (exact) mass is 590 g/mol. The van der Waals surface area contributed by atoms with E-state index in [1.807, 2.05) is 31.2 Å². The quantitative estimate of drug-likeness (QED) is 0.323. The number of aryl methyl sites for hydroxylation is 1. The molecule has 10 heteroatoms. The highest BCUT2D eigenvalue weighted by atomic mass is 79.9. The van der Waals surface area contributed by atoms with Crippen molar-refractivity contribution in [3.63, 3.8) is 0 Å². The molecule has 0 aliphatic carbocycles. The lowest BCUT2D eigenvalue weighted by Gasteiger charge is -2.25. The second-order valence-corrected chi connectivity index (χ2v) is 11.3. The zero-order chi connectivity index (χ0) is 27.2. The van der Waals surface area contributed by atoms with Crippen LogP contribution < -0.4 is 14.2 Å². The molecule has 0 saturated heterocycles. The number of halogens is 1. The number of amides is 1. The van der Waals surface area contributed by atoms with E-state index >= 15 is 0 Å². The first kappa shape index (κ1) is 28.5. The third-order valence-electron chi connectivity index (χ3n) is 5.81. The van der Waals surface area contributed by atoms with Crippen LogP contribution in [0.2, 0.25) is 0 Å². The van der Waals surface area contributed by atoms with Gasteiger partial charge in [-0.3, -0.25) is 4.79 Å². The van der Waals surface area contributed by atoms with Crippen LogP contribution in [0.5, 0.6) is 17.2 Å². The summed E-state index contributed by atoms with van der Waals surface area (Å²) in [4.78, 5) is 14.9. The van der Waals surface area contributed by atoms with E-state index in [9.17, 15) is 13.2 Å². The highest BCUT2D eigenvalue weighted by molar-refractivity contribution is 9.10. The summed E-state index contributed by atoms with van der Waals surface area (Å²) in [5, 5.41) is 0. The van der Waals surface area contributed by atoms with Gasteiger partial charge in [-0.25, -0.2) is 8.42 Å². The molecule has 0 aliphatic heterocycles. The Labute approximate surface area is 226 Å². The molecule has 0 bridgehead atoms. The van der Waals surface area contributed by atoms with E-state index in [0.29, 0.717) is 17.2 Å². The van der Waals surface area contributed by atoms with Gasteiger partial charge in [-0.1, -0.05) is 45.8 Å². The van der Waals surface area contributed by atoms with Crippen LogP contribution in [0.25, 0.3) is 0 Å². The van der Waals surface area contributed by atoms with E-state index in [1.54, 1.807) is 31.3 Å². The van der Waals surface area contributed by atoms with Crippen molar-refractivity contribution in [3.05, 3.63) is 81.8 Å².